The first-order valence-corrected chi connectivity index (χ1v) is 18.3. The molecule has 0 amide bonds. The molecular weight excluding hydrogens is 561 g/mol. The minimum absolute atomic E-state index is 0. The number of aliphatic hydroxyl groups is 2. The number of rotatable bonds is 12. The number of hydrogen-bond donors (Lipinski definition) is 2. The molecule has 6 heteroatoms. The van der Waals surface area contributed by atoms with Crippen LogP contribution in [0.5, 0.6) is 11.5 Å². The van der Waals surface area contributed by atoms with Crippen molar-refractivity contribution < 1.29 is 22.5 Å². The van der Waals surface area contributed by atoms with Crippen molar-refractivity contribution in [3.8, 4) is 22.6 Å². The van der Waals surface area contributed by atoms with Crippen molar-refractivity contribution in [1.82, 2.24) is 0 Å². The van der Waals surface area contributed by atoms with Crippen LogP contribution in [0.3, 0.4) is 0 Å². The summed E-state index contributed by atoms with van der Waals surface area (Å²) < 4.78 is 12.5. The molecule has 0 bridgehead atoms. The van der Waals surface area contributed by atoms with E-state index in [1.165, 1.54) is 86.5 Å². The zero-order valence-electron chi connectivity index (χ0n) is 27.1. The molecule has 1 atom stereocenters. The van der Waals surface area contributed by atoms with Gasteiger partial charge >= 0.3 is 0 Å². The van der Waals surface area contributed by atoms with E-state index in [0.29, 0.717) is 11.9 Å². The van der Waals surface area contributed by atoms with Gasteiger partial charge in [0.05, 0.1) is 6.61 Å². The van der Waals surface area contributed by atoms with Gasteiger partial charge in [0.25, 0.3) is 0 Å². The fourth-order valence-corrected chi connectivity index (χ4v) is 8.60. The summed E-state index contributed by atoms with van der Waals surface area (Å²) in [6.45, 7) is 13.5. The highest BCUT2D eigenvalue weighted by molar-refractivity contribution is 8.00. The van der Waals surface area contributed by atoms with E-state index in [-0.39, 0.29) is 9.46 Å². The van der Waals surface area contributed by atoms with Crippen molar-refractivity contribution >= 4 is 23.5 Å². The van der Waals surface area contributed by atoms with Gasteiger partial charge in [0, 0.05) is 31.5 Å². The van der Waals surface area contributed by atoms with Gasteiger partial charge in [-0.1, -0.05) is 38.5 Å². The van der Waals surface area contributed by atoms with E-state index in [4.69, 9.17) is 14.6 Å². The van der Waals surface area contributed by atoms with Gasteiger partial charge in [-0.2, -0.15) is 23.5 Å². The van der Waals surface area contributed by atoms with Crippen LogP contribution in [0.1, 0.15) is 103 Å². The molecule has 0 heterocycles. The van der Waals surface area contributed by atoms with Gasteiger partial charge in [-0.3, -0.25) is 0 Å². The van der Waals surface area contributed by atoms with Crippen LogP contribution in [0.25, 0.3) is 11.1 Å². The summed E-state index contributed by atoms with van der Waals surface area (Å²) in [7, 11) is 0. The van der Waals surface area contributed by atoms with Crippen LogP contribution < -0.4 is 9.47 Å². The van der Waals surface area contributed by atoms with Crippen molar-refractivity contribution in [2.45, 2.75) is 122 Å². The highest BCUT2D eigenvalue weighted by atomic mass is 32.2. The van der Waals surface area contributed by atoms with E-state index in [2.05, 4.69) is 63.7 Å². The first-order chi connectivity index (χ1) is 20.1. The molecule has 2 fully saturated rings. The number of hydrogen-bond acceptors (Lipinski definition) is 6. The predicted molar refractivity (Wildman–Crippen MR) is 188 cm³/mol. The van der Waals surface area contributed by atoms with Crippen molar-refractivity contribution in [3.05, 3.63) is 46.5 Å². The number of aryl methyl sites for hydroxylation is 4. The van der Waals surface area contributed by atoms with Gasteiger partial charge in [0.15, 0.2) is 0 Å². The molecule has 0 aliphatic heterocycles. The largest absolute Gasteiger partial charge is 0.492 e. The van der Waals surface area contributed by atoms with E-state index >= 15 is 0 Å². The van der Waals surface area contributed by atoms with E-state index in [1.807, 2.05) is 18.7 Å². The predicted octanol–water partition coefficient (Wildman–Crippen LogP) is 9.72. The molecule has 1 unspecified atom stereocenters. The van der Waals surface area contributed by atoms with Crippen molar-refractivity contribution in [3.63, 3.8) is 0 Å². The normalized spacial score (nSPS) is 17.7. The highest BCUT2D eigenvalue weighted by Gasteiger charge is 2.25. The standard InChI is InChI=1S/C34H50O3S2.C2H6O.2H2/c1-24-18-28(19-25(2)32(24)36-16-17-38-30-12-8-6-9-13-30)29-20-26(3)33(27(4)21-29)37-22-34(5,35)23-39-31-14-10-7-11-15-31;1-2-3;;/h18-21,30-31,35H,6-17,22-23H2,1-5H3;3H,2H2,1H3;2*1H. The Morgan fingerprint density at radius 3 is 1.60 bits per heavy atom. The lowest BCUT2D eigenvalue weighted by Gasteiger charge is -2.28. The lowest BCUT2D eigenvalue weighted by molar-refractivity contribution is 0.0322. The maximum atomic E-state index is 11.0. The summed E-state index contributed by atoms with van der Waals surface area (Å²) in [5.41, 5.74) is 6.17. The summed E-state index contributed by atoms with van der Waals surface area (Å²) >= 11 is 4.02. The summed E-state index contributed by atoms with van der Waals surface area (Å²) in [4.78, 5) is 0. The van der Waals surface area contributed by atoms with Crippen molar-refractivity contribution in [2.24, 2.45) is 0 Å². The summed E-state index contributed by atoms with van der Waals surface area (Å²) in [6.07, 6.45) is 13.5. The third kappa shape index (κ3) is 11.3. The molecule has 2 saturated carbocycles. The van der Waals surface area contributed by atoms with Gasteiger partial charge in [-0.05, 0) is 125 Å². The monoisotopic (exact) mass is 620 g/mol. The Hall–Kier alpha value is -1.34. The second kappa shape index (κ2) is 17.8. The second-order valence-electron chi connectivity index (χ2n) is 12.5. The molecule has 0 saturated heterocycles. The number of ether oxygens (including phenoxy) is 2. The number of benzene rings is 2. The fraction of sp³-hybridized carbons (Fsp3) is 0.667. The molecule has 2 aliphatic carbocycles. The average Bonchev–Trinajstić information content (AvgIpc) is 2.96. The van der Waals surface area contributed by atoms with Gasteiger partial charge in [-0.25, -0.2) is 0 Å². The smallest absolute Gasteiger partial charge is 0.125 e. The lowest BCUT2D eigenvalue weighted by atomic mass is 9.96. The molecule has 42 heavy (non-hydrogen) atoms. The topological polar surface area (TPSA) is 58.9 Å². The van der Waals surface area contributed by atoms with Gasteiger partial charge in [0.1, 0.15) is 23.7 Å². The summed E-state index contributed by atoms with van der Waals surface area (Å²) in [6, 6.07) is 8.92. The number of thioether (sulfide) groups is 2. The average molecular weight is 621 g/mol. The van der Waals surface area contributed by atoms with Crippen LogP contribution in [0.2, 0.25) is 0 Å². The van der Waals surface area contributed by atoms with Gasteiger partial charge < -0.3 is 19.7 Å². The molecule has 0 spiro atoms. The fourth-order valence-electron chi connectivity index (χ4n) is 6.08. The van der Waals surface area contributed by atoms with E-state index in [1.54, 1.807) is 6.92 Å². The highest BCUT2D eigenvalue weighted by Crippen LogP contribution is 2.36. The van der Waals surface area contributed by atoms with Crippen LogP contribution in [0, 0.1) is 27.7 Å². The van der Waals surface area contributed by atoms with E-state index < -0.39 is 5.60 Å². The lowest BCUT2D eigenvalue weighted by Crippen LogP contribution is -2.36. The zero-order valence-corrected chi connectivity index (χ0v) is 28.7. The Bertz CT molecular complexity index is 1050. The third-order valence-corrected chi connectivity index (χ3v) is 11.3. The van der Waals surface area contributed by atoms with Crippen LogP contribution in [-0.4, -0.2) is 57.6 Å². The molecule has 0 radical (unpaired) electrons. The first-order valence-electron chi connectivity index (χ1n) is 16.2. The summed E-state index contributed by atoms with van der Waals surface area (Å²) in [5, 5.41) is 20.1. The van der Waals surface area contributed by atoms with Crippen LogP contribution in [0.15, 0.2) is 24.3 Å². The molecular formula is C36H60O4S2. The Morgan fingerprint density at radius 2 is 1.14 bits per heavy atom. The number of aliphatic hydroxyl groups excluding tert-OH is 1. The molecule has 4 nitrogen and oxygen atoms in total. The molecule has 4 rings (SSSR count). The van der Waals surface area contributed by atoms with Crippen LogP contribution in [-0.2, 0) is 0 Å². The zero-order chi connectivity index (χ0) is 30.5. The Kier molecular flexibility index (Phi) is 14.9. The maximum absolute atomic E-state index is 11.0. The second-order valence-corrected chi connectivity index (χ2v) is 15.2. The van der Waals surface area contributed by atoms with Crippen LogP contribution >= 0.6 is 23.5 Å². The van der Waals surface area contributed by atoms with Crippen molar-refractivity contribution in [2.75, 3.05) is 31.3 Å². The van der Waals surface area contributed by atoms with Crippen molar-refractivity contribution in [1.29, 1.82) is 0 Å². The Morgan fingerprint density at radius 1 is 0.738 bits per heavy atom. The van der Waals surface area contributed by atoms with Crippen LogP contribution in [0.4, 0.5) is 0 Å². The molecule has 2 N–H and O–H groups in total. The SMILES string of the molecule is CCO.Cc1cc(-c2cc(C)c(OCC(C)(O)CSC3CCCCC3)c(C)c2)cc(C)c1OCCSC1CCCCC1.[HH].[HH]. The Labute approximate surface area is 267 Å². The van der Waals surface area contributed by atoms with Gasteiger partial charge in [0.2, 0.25) is 0 Å². The molecule has 2 aromatic rings. The minimum Gasteiger partial charge on any atom is -0.492 e. The molecule has 0 aromatic heterocycles. The van der Waals surface area contributed by atoms with E-state index in [0.717, 1.165) is 46.0 Å². The summed E-state index contributed by atoms with van der Waals surface area (Å²) in [5.74, 6) is 3.72. The minimum atomic E-state index is -0.835. The molecule has 2 aromatic carbocycles. The molecule has 2 aliphatic rings. The molecule has 240 valence electrons. The third-order valence-electron chi connectivity index (χ3n) is 8.20. The maximum Gasteiger partial charge on any atom is 0.125 e. The van der Waals surface area contributed by atoms with E-state index in [9.17, 15) is 5.11 Å². The van der Waals surface area contributed by atoms with Gasteiger partial charge in [-0.15, -0.1) is 0 Å². The Balaban J connectivity index is 0.00000186. The first kappa shape index (κ1) is 35.1. The quantitative estimate of drug-likeness (QED) is 0.230.